The maximum atomic E-state index is 4.62. The number of aryl methyl sites for hydroxylation is 1. The minimum Gasteiger partial charge on any atom is -0.259 e. The molecule has 0 N–H and O–H groups in total. The molecule has 2 heteroatoms. The average Bonchev–Trinajstić information content (AvgIpc) is 2.45. The predicted octanol–water partition coefficient (Wildman–Crippen LogP) is 2.86. The summed E-state index contributed by atoms with van der Waals surface area (Å²) in [6.45, 7) is 9.83. The first-order valence-electron chi connectivity index (χ1n) is 5.42. The number of rotatable bonds is 0. The van der Waals surface area contributed by atoms with Crippen LogP contribution in [0.4, 0.5) is 0 Å². The van der Waals surface area contributed by atoms with E-state index in [1.807, 2.05) is 0 Å². The Labute approximate surface area is 87.0 Å². The van der Waals surface area contributed by atoms with Crippen molar-refractivity contribution < 1.29 is 0 Å². The molecule has 1 aliphatic heterocycles. The monoisotopic (exact) mass is 187 g/mol. The molecule has 0 aromatic carbocycles. The van der Waals surface area contributed by atoms with Gasteiger partial charge >= 0.3 is 0 Å². The molecule has 0 atom stereocenters. The van der Waals surface area contributed by atoms with E-state index in [-0.39, 0.29) is 0 Å². The summed E-state index contributed by atoms with van der Waals surface area (Å²) >= 11 is 0. The van der Waals surface area contributed by atoms with Crippen LogP contribution in [-0.2, 0) is 12.6 Å². The van der Waals surface area contributed by atoms with Crippen molar-refractivity contribution >= 4 is 6.71 Å². The molecular weight excluding hydrogens is 169 g/mol. The fourth-order valence-electron chi connectivity index (χ4n) is 2.19. The van der Waals surface area contributed by atoms with Gasteiger partial charge in [-0.1, -0.05) is 32.2 Å². The van der Waals surface area contributed by atoms with E-state index < -0.39 is 0 Å². The highest BCUT2D eigenvalue weighted by atomic mass is 14.7. The average molecular weight is 187 g/mol. The van der Waals surface area contributed by atoms with Gasteiger partial charge in [0.2, 0.25) is 0 Å². The molecule has 0 aliphatic carbocycles. The number of aromatic nitrogens is 1. The SMILES string of the molecule is Cc1ccc2c(n1)CB(C(C)(C)C)C2. The molecule has 0 amide bonds. The van der Waals surface area contributed by atoms with Gasteiger partial charge in [0.15, 0.2) is 6.71 Å². The van der Waals surface area contributed by atoms with Crippen molar-refractivity contribution in [3.63, 3.8) is 0 Å². The van der Waals surface area contributed by atoms with E-state index in [4.69, 9.17) is 0 Å². The molecular formula is C12H18BN. The summed E-state index contributed by atoms with van der Waals surface area (Å²) < 4.78 is 0. The van der Waals surface area contributed by atoms with E-state index in [0.717, 1.165) is 12.4 Å². The summed E-state index contributed by atoms with van der Waals surface area (Å²) in [5.74, 6) is 0. The van der Waals surface area contributed by atoms with Gasteiger partial charge in [0, 0.05) is 11.4 Å². The molecule has 1 nitrogen and oxygen atoms in total. The highest BCUT2D eigenvalue weighted by molar-refractivity contribution is 6.62. The van der Waals surface area contributed by atoms with Gasteiger partial charge in [-0.3, -0.25) is 4.98 Å². The smallest absolute Gasteiger partial charge is 0.156 e. The Bertz CT molecular complexity index is 352. The molecule has 0 unspecified atom stereocenters. The van der Waals surface area contributed by atoms with Crippen molar-refractivity contribution in [2.24, 2.45) is 0 Å². The van der Waals surface area contributed by atoms with Crippen molar-refractivity contribution in [2.45, 2.75) is 45.6 Å². The summed E-state index contributed by atoms with van der Waals surface area (Å²) in [4.78, 5) is 4.62. The van der Waals surface area contributed by atoms with Crippen LogP contribution in [-0.4, -0.2) is 11.7 Å². The van der Waals surface area contributed by atoms with Gasteiger partial charge in [0.25, 0.3) is 0 Å². The van der Waals surface area contributed by atoms with Gasteiger partial charge in [-0.25, -0.2) is 0 Å². The first kappa shape index (κ1) is 9.76. The van der Waals surface area contributed by atoms with Gasteiger partial charge < -0.3 is 0 Å². The third kappa shape index (κ3) is 1.70. The highest BCUT2D eigenvalue weighted by Crippen LogP contribution is 2.35. The lowest BCUT2D eigenvalue weighted by atomic mass is 9.33. The standard InChI is InChI=1S/C12H18BN/c1-9-5-6-10-7-13(12(2,3)4)8-11(10)14-9/h5-6H,7-8H2,1-4H3. The van der Waals surface area contributed by atoms with Crippen LogP contribution < -0.4 is 0 Å². The quantitative estimate of drug-likeness (QED) is 0.569. The molecule has 0 saturated carbocycles. The molecule has 1 aromatic rings. The van der Waals surface area contributed by atoms with Crippen LogP contribution in [0, 0.1) is 6.92 Å². The number of hydrogen-bond donors (Lipinski definition) is 0. The Morgan fingerprint density at radius 3 is 2.57 bits per heavy atom. The Hall–Kier alpha value is -0.785. The normalized spacial score (nSPS) is 15.9. The molecule has 0 fully saturated rings. The van der Waals surface area contributed by atoms with Crippen LogP contribution in [0.2, 0.25) is 5.31 Å². The highest BCUT2D eigenvalue weighted by Gasteiger charge is 2.34. The molecule has 0 radical (unpaired) electrons. The van der Waals surface area contributed by atoms with Crippen LogP contribution in [0.15, 0.2) is 12.1 Å². The second-order valence-electron chi connectivity index (χ2n) is 5.53. The molecule has 0 saturated heterocycles. The summed E-state index contributed by atoms with van der Waals surface area (Å²) in [5.41, 5.74) is 3.96. The lowest BCUT2D eigenvalue weighted by molar-refractivity contribution is 0.729. The first-order valence-corrected chi connectivity index (χ1v) is 5.42. The fourth-order valence-corrected chi connectivity index (χ4v) is 2.19. The second kappa shape index (κ2) is 3.11. The topological polar surface area (TPSA) is 12.9 Å². The van der Waals surface area contributed by atoms with Gasteiger partial charge in [0.05, 0.1) is 0 Å². The summed E-state index contributed by atoms with van der Waals surface area (Å²) in [6, 6.07) is 4.38. The molecule has 74 valence electrons. The third-order valence-electron chi connectivity index (χ3n) is 3.34. The van der Waals surface area contributed by atoms with Crippen LogP contribution >= 0.6 is 0 Å². The van der Waals surface area contributed by atoms with Crippen LogP contribution in [0.3, 0.4) is 0 Å². The van der Waals surface area contributed by atoms with Gasteiger partial charge in [0.1, 0.15) is 0 Å². The largest absolute Gasteiger partial charge is 0.259 e. The Kier molecular flexibility index (Phi) is 2.17. The van der Waals surface area contributed by atoms with Crippen molar-refractivity contribution in [1.29, 1.82) is 0 Å². The van der Waals surface area contributed by atoms with E-state index in [2.05, 4.69) is 44.8 Å². The third-order valence-corrected chi connectivity index (χ3v) is 3.34. The zero-order chi connectivity index (χ0) is 10.3. The molecule has 0 bridgehead atoms. The minimum absolute atomic E-state index is 0.411. The number of nitrogens with zero attached hydrogens (tertiary/aromatic N) is 1. The minimum atomic E-state index is 0.411. The number of fused-ring (bicyclic) bond motifs is 1. The van der Waals surface area contributed by atoms with E-state index in [1.165, 1.54) is 23.9 Å². The first-order chi connectivity index (χ1) is 6.47. The number of hydrogen-bond acceptors (Lipinski definition) is 1. The van der Waals surface area contributed by atoms with Crippen LogP contribution in [0.1, 0.15) is 37.7 Å². The van der Waals surface area contributed by atoms with Crippen molar-refractivity contribution in [2.75, 3.05) is 0 Å². The lowest BCUT2D eigenvalue weighted by Crippen LogP contribution is -2.26. The molecule has 2 heterocycles. The predicted molar refractivity (Wildman–Crippen MR) is 61.9 cm³/mol. The Balaban J connectivity index is 2.26. The summed E-state index contributed by atoms with van der Waals surface area (Å²) in [7, 11) is 0. The van der Waals surface area contributed by atoms with Gasteiger partial charge in [-0.2, -0.15) is 0 Å². The number of pyridine rings is 1. The molecule has 1 aromatic heterocycles. The summed E-state index contributed by atoms with van der Waals surface area (Å²) in [5, 5.41) is 0.411. The van der Waals surface area contributed by atoms with E-state index in [0.29, 0.717) is 5.31 Å². The Morgan fingerprint density at radius 2 is 1.93 bits per heavy atom. The maximum absolute atomic E-state index is 4.62. The van der Waals surface area contributed by atoms with Crippen molar-refractivity contribution in [3.8, 4) is 0 Å². The lowest BCUT2D eigenvalue weighted by Gasteiger charge is -2.23. The molecule has 14 heavy (non-hydrogen) atoms. The Morgan fingerprint density at radius 1 is 1.21 bits per heavy atom. The van der Waals surface area contributed by atoms with Crippen molar-refractivity contribution in [1.82, 2.24) is 4.98 Å². The molecule has 0 spiro atoms. The zero-order valence-corrected chi connectivity index (χ0v) is 9.59. The zero-order valence-electron chi connectivity index (χ0n) is 9.59. The van der Waals surface area contributed by atoms with E-state index in [9.17, 15) is 0 Å². The maximum Gasteiger partial charge on any atom is 0.156 e. The van der Waals surface area contributed by atoms with E-state index in [1.54, 1.807) is 0 Å². The van der Waals surface area contributed by atoms with Gasteiger partial charge in [-0.15, -0.1) is 0 Å². The molecule has 2 rings (SSSR count). The van der Waals surface area contributed by atoms with Crippen molar-refractivity contribution in [3.05, 3.63) is 29.1 Å². The van der Waals surface area contributed by atoms with Gasteiger partial charge in [-0.05, 0) is 31.2 Å². The second-order valence-corrected chi connectivity index (χ2v) is 5.53. The van der Waals surface area contributed by atoms with Crippen LogP contribution in [0.5, 0.6) is 0 Å². The van der Waals surface area contributed by atoms with Crippen LogP contribution in [0.25, 0.3) is 0 Å². The molecule has 1 aliphatic rings. The fraction of sp³-hybridized carbons (Fsp3) is 0.583. The summed E-state index contributed by atoms with van der Waals surface area (Å²) in [6.07, 6.45) is 2.38. The van der Waals surface area contributed by atoms with E-state index >= 15 is 0 Å².